The Balaban J connectivity index is 2.22. The average molecular weight is 327 g/mol. The van der Waals surface area contributed by atoms with E-state index in [0.717, 1.165) is 12.1 Å². The average Bonchev–Trinajstić information content (AvgIpc) is 2.41. The van der Waals surface area contributed by atoms with Crippen LogP contribution in [0.1, 0.15) is 10.5 Å². The van der Waals surface area contributed by atoms with Crippen LogP contribution in [-0.2, 0) is 0 Å². The molecule has 1 amide bonds. The van der Waals surface area contributed by atoms with Gasteiger partial charge in [-0.05, 0) is 42.1 Å². The van der Waals surface area contributed by atoms with E-state index >= 15 is 0 Å². The molecule has 0 spiro atoms. The molecule has 6 nitrogen and oxygen atoms in total. The number of alkyl halides is 1. The van der Waals surface area contributed by atoms with E-state index in [4.69, 9.17) is 15.9 Å². The van der Waals surface area contributed by atoms with E-state index in [1.54, 1.807) is 6.07 Å². The summed E-state index contributed by atoms with van der Waals surface area (Å²) in [6, 6.07) is 6.28. The van der Waals surface area contributed by atoms with Crippen molar-refractivity contribution in [3.05, 3.63) is 48.0 Å². The van der Waals surface area contributed by atoms with E-state index in [2.05, 4.69) is 10.3 Å². The Bertz CT molecular complexity index is 707. The van der Waals surface area contributed by atoms with Gasteiger partial charge in [-0.15, -0.1) is 0 Å². The lowest BCUT2D eigenvalue weighted by Gasteiger charge is -2.12. The van der Waals surface area contributed by atoms with Gasteiger partial charge < -0.3 is 21.3 Å². The Morgan fingerprint density at radius 2 is 2.09 bits per heavy atom. The lowest BCUT2D eigenvalue weighted by molar-refractivity contribution is -0.177. The van der Waals surface area contributed by atoms with E-state index in [1.165, 1.54) is 18.3 Å². The van der Waals surface area contributed by atoms with Crippen molar-refractivity contribution < 1.29 is 23.8 Å². The van der Waals surface area contributed by atoms with E-state index in [1.807, 2.05) is 0 Å². The Hall–Kier alpha value is -2.23. The fraction of sp³-hybridized carbons (Fsp3) is 0.0769. The maximum absolute atomic E-state index is 13.5. The van der Waals surface area contributed by atoms with Crippen molar-refractivity contribution in [2.45, 2.75) is 10.3 Å². The maximum atomic E-state index is 13.5. The summed E-state index contributed by atoms with van der Waals surface area (Å²) >= 11 is -0.155. The minimum Gasteiger partial charge on any atom is -0.397 e. The van der Waals surface area contributed by atoms with Gasteiger partial charge in [0.15, 0.2) is 5.69 Å². The number of hydrogen-bond donors (Lipinski definition) is 4. The molecule has 0 saturated heterocycles. The fourth-order valence-corrected chi connectivity index (χ4v) is 2.23. The normalized spacial score (nSPS) is 11.3. The Morgan fingerprint density at radius 3 is 2.73 bits per heavy atom. The molecule has 0 atom stereocenters. The zero-order chi connectivity index (χ0) is 16.3. The molecule has 2 aromatic rings. The first kappa shape index (κ1) is 16.1. The van der Waals surface area contributed by atoms with Crippen LogP contribution in [0.25, 0.3) is 0 Å². The highest BCUT2D eigenvalue weighted by Gasteiger charge is 2.25. The molecule has 1 aromatic heterocycles. The molecule has 0 bridgehead atoms. The number of anilines is 2. The highest BCUT2D eigenvalue weighted by atomic mass is 32.2. The van der Waals surface area contributed by atoms with Crippen LogP contribution in [0, 0.1) is 5.82 Å². The van der Waals surface area contributed by atoms with Crippen LogP contribution < -0.4 is 11.1 Å². The van der Waals surface area contributed by atoms with Crippen LogP contribution in [-0.4, -0.2) is 26.5 Å². The van der Waals surface area contributed by atoms with Crippen LogP contribution in [0.2, 0.25) is 0 Å². The molecule has 1 heterocycles. The van der Waals surface area contributed by atoms with Crippen molar-refractivity contribution >= 4 is 29.0 Å². The van der Waals surface area contributed by atoms with Gasteiger partial charge >= 0.3 is 5.37 Å². The van der Waals surface area contributed by atoms with E-state index in [0.29, 0.717) is 0 Å². The summed E-state index contributed by atoms with van der Waals surface area (Å²) < 4.78 is 26.2. The van der Waals surface area contributed by atoms with Gasteiger partial charge in [-0.1, -0.05) is 0 Å². The largest absolute Gasteiger partial charge is 0.397 e. The summed E-state index contributed by atoms with van der Waals surface area (Å²) in [7, 11) is 0. The van der Waals surface area contributed by atoms with E-state index in [-0.39, 0.29) is 33.7 Å². The van der Waals surface area contributed by atoms with Crippen LogP contribution in [0.15, 0.2) is 41.4 Å². The summed E-state index contributed by atoms with van der Waals surface area (Å²) in [6.45, 7) is 0. The minimum atomic E-state index is -3.63. The number of nitrogens with two attached hydrogens (primary N) is 1. The van der Waals surface area contributed by atoms with Crippen LogP contribution in [0.5, 0.6) is 0 Å². The number of pyridine rings is 1. The van der Waals surface area contributed by atoms with Gasteiger partial charge in [-0.3, -0.25) is 4.79 Å². The summed E-state index contributed by atoms with van der Waals surface area (Å²) in [5, 5.41) is 16.1. The number of amides is 1. The fourth-order valence-electron chi connectivity index (χ4n) is 1.60. The molecule has 0 unspecified atom stereocenters. The van der Waals surface area contributed by atoms with E-state index in [9.17, 15) is 13.6 Å². The molecule has 116 valence electrons. The molecule has 2 rings (SSSR count). The second-order valence-corrected chi connectivity index (χ2v) is 5.33. The van der Waals surface area contributed by atoms with Crippen molar-refractivity contribution in [1.29, 1.82) is 0 Å². The number of halogens is 2. The molecule has 0 aliphatic heterocycles. The second-order valence-electron chi connectivity index (χ2n) is 4.17. The summed E-state index contributed by atoms with van der Waals surface area (Å²) in [5.74, 6) is -1.51. The lowest BCUT2D eigenvalue weighted by atomic mass is 10.2. The Morgan fingerprint density at radius 1 is 1.36 bits per heavy atom. The monoisotopic (exact) mass is 327 g/mol. The summed E-state index contributed by atoms with van der Waals surface area (Å²) in [5.41, 5.74) is 5.86. The number of nitrogen functional groups attached to an aromatic ring is 1. The predicted octanol–water partition coefficient (Wildman–Crippen LogP) is 1.71. The topological polar surface area (TPSA) is 108 Å². The van der Waals surface area contributed by atoms with Gasteiger partial charge in [-0.2, -0.15) is 4.39 Å². The summed E-state index contributed by atoms with van der Waals surface area (Å²) in [6.07, 6.45) is 1.38. The number of rotatable bonds is 4. The molecular weight excluding hydrogens is 316 g/mol. The quantitative estimate of drug-likeness (QED) is 0.503. The van der Waals surface area contributed by atoms with Crippen molar-refractivity contribution in [3.63, 3.8) is 0 Å². The molecule has 0 fully saturated rings. The molecular formula is C13H11F2N3O3S. The number of thioether (sulfide) groups is 1. The molecule has 0 aliphatic rings. The van der Waals surface area contributed by atoms with Gasteiger partial charge in [0.1, 0.15) is 5.82 Å². The van der Waals surface area contributed by atoms with Crippen LogP contribution in [0.4, 0.5) is 20.2 Å². The first-order valence-electron chi connectivity index (χ1n) is 5.90. The third-order valence-electron chi connectivity index (χ3n) is 2.48. The highest BCUT2D eigenvalue weighted by Crippen LogP contribution is 2.33. The molecule has 9 heteroatoms. The summed E-state index contributed by atoms with van der Waals surface area (Å²) in [4.78, 5) is 15.4. The standard InChI is InChI=1S/C13H11F2N3O3S/c14-8-4-3-7(6-10(8)22-13(15,20)21)18-12(19)11-9(16)2-1-5-17-11/h1-6,20-21H,16H2,(H,18,19). The molecule has 0 radical (unpaired) electrons. The zero-order valence-corrected chi connectivity index (χ0v) is 11.8. The van der Waals surface area contributed by atoms with Crippen molar-refractivity contribution in [2.24, 2.45) is 0 Å². The highest BCUT2D eigenvalue weighted by molar-refractivity contribution is 8.00. The number of aromatic nitrogens is 1. The zero-order valence-electron chi connectivity index (χ0n) is 11.0. The van der Waals surface area contributed by atoms with Gasteiger partial charge in [0, 0.05) is 11.9 Å². The van der Waals surface area contributed by atoms with Crippen LogP contribution >= 0.6 is 11.8 Å². The molecule has 22 heavy (non-hydrogen) atoms. The SMILES string of the molecule is Nc1cccnc1C(=O)Nc1ccc(F)c(SC(O)(O)F)c1. The van der Waals surface area contributed by atoms with Gasteiger partial charge in [0.2, 0.25) is 0 Å². The molecule has 0 saturated carbocycles. The third kappa shape index (κ3) is 4.13. The second kappa shape index (κ2) is 6.26. The van der Waals surface area contributed by atoms with E-state index < -0.39 is 17.1 Å². The number of aliphatic hydroxyl groups is 2. The first-order valence-corrected chi connectivity index (χ1v) is 6.72. The Kier molecular flexibility index (Phi) is 4.59. The van der Waals surface area contributed by atoms with Crippen molar-refractivity contribution in [3.8, 4) is 0 Å². The minimum absolute atomic E-state index is 0.0230. The van der Waals surface area contributed by atoms with Crippen molar-refractivity contribution in [2.75, 3.05) is 11.1 Å². The number of carbonyl (C=O) groups is 1. The molecule has 0 aliphatic carbocycles. The number of nitrogens with one attached hydrogen (secondary N) is 1. The van der Waals surface area contributed by atoms with Gasteiger partial charge in [0.25, 0.3) is 5.91 Å². The smallest absolute Gasteiger partial charge is 0.373 e. The molecule has 1 aromatic carbocycles. The van der Waals surface area contributed by atoms with Crippen LogP contribution in [0.3, 0.4) is 0 Å². The number of nitrogens with zero attached hydrogens (tertiary/aromatic N) is 1. The number of hydrogen-bond acceptors (Lipinski definition) is 6. The molecule has 5 N–H and O–H groups in total. The lowest BCUT2D eigenvalue weighted by Crippen LogP contribution is -2.17. The van der Waals surface area contributed by atoms with Crippen molar-refractivity contribution in [1.82, 2.24) is 4.98 Å². The van der Waals surface area contributed by atoms with Gasteiger partial charge in [0.05, 0.1) is 10.6 Å². The maximum Gasteiger partial charge on any atom is 0.373 e. The number of benzene rings is 1. The third-order valence-corrected chi connectivity index (χ3v) is 3.28. The van der Waals surface area contributed by atoms with Gasteiger partial charge in [-0.25, -0.2) is 9.37 Å². The first-order chi connectivity index (χ1) is 10.3. The number of carbonyl (C=O) groups excluding carboxylic acids is 1. The predicted molar refractivity (Wildman–Crippen MR) is 77.1 cm³/mol. The Labute approximate surface area is 128 Å².